The first-order valence-electron chi connectivity index (χ1n) is 9.91. The van der Waals surface area contributed by atoms with Gasteiger partial charge in [-0.1, -0.05) is 0 Å². The Balaban J connectivity index is 1.40. The molecule has 2 amide bonds. The topological polar surface area (TPSA) is 122 Å². The van der Waals surface area contributed by atoms with Crippen LogP contribution in [0.1, 0.15) is 6.92 Å². The number of pyridine rings is 2. The Morgan fingerprint density at radius 1 is 1.16 bits per heavy atom. The van der Waals surface area contributed by atoms with Crippen LogP contribution in [0.3, 0.4) is 0 Å². The predicted molar refractivity (Wildman–Crippen MR) is 115 cm³/mol. The smallest absolute Gasteiger partial charge is 0.414 e. The van der Waals surface area contributed by atoms with Gasteiger partial charge < -0.3 is 15.0 Å². The lowest BCUT2D eigenvalue weighted by atomic mass is 10.2. The zero-order chi connectivity index (χ0) is 22.0. The van der Waals surface area contributed by atoms with E-state index in [9.17, 15) is 18.0 Å². The van der Waals surface area contributed by atoms with E-state index in [0.717, 1.165) is 11.4 Å². The van der Waals surface area contributed by atoms with E-state index in [1.807, 2.05) is 17.0 Å². The maximum absolute atomic E-state index is 12.1. The highest BCUT2D eigenvalue weighted by Gasteiger charge is 2.32. The van der Waals surface area contributed by atoms with Gasteiger partial charge in [0.1, 0.15) is 11.9 Å². The second-order valence-electron chi connectivity index (χ2n) is 7.50. The minimum Gasteiger partial charge on any atom is -0.442 e. The van der Waals surface area contributed by atoms with Gasteiger partial charge in [0.25, 0.3) is 0 Å². The van der Waals surface area contributed by atoms with E-state index < -0.39 is 22.0 Å². The molecule has 0 aliphatic carbocycles. The zero-order valence-electron chi connectivity index (χ0n) is 17.0. The molecular formula is C20H23N5O5S. The minimum absolute atomic E-state index is 0.143. The van der Waals surface area contributed by atoms with Crippen molar-refractivity contribution in [2.24, 2.45) is 0 Å². The Hall–Kier alpha value is -3.21. The molecule has 11 heteroatoms. The summed E-state index contributed by atoms with van der Waals surface area (Å²) in [5.74, 6) is 0.847. The van der Waals surface area contributed by atoms with Crippen LogP contribution in [-0.4, -0.2) is 74.2 Å². The number of carbonyl (C=O) groups excluding carboxylic acids is 2. The summed E-state index contributed by atoms with van der Waals surface area (Å²) in [4.78, 5) is 35.5. The summed E-state index contributed by atoms with van der Waals surface area (Å²) in [6, 6.07) is 7.33. The third kappa shape index (κ3) is 4.93. The number of ether oxygens (including phenoxy) is 1. The summed E-state index contributed by atoms with van der Waals surface area (Å²) in [7, 11) is -2.94. The third-order valence-corrected chi connectivity index (χ3v) is 6.83. The van der Waals surface area contributed by atoms with Gasteiger partial charge in [0.2, 0.25) is 5.91 Å². The van der Waals surface area contributed by atoms with Crippen molar-refractivity contribution in [3.8, 4) is 11.3 Å². The molecule has 2 fully saturated rings. The van der Waals surface area contributed by atoms with Gasteiger partial charge in [-0.2, -0.15) is 0 Å². The summed E-state index contributed by atoms with van der Waals surface area (Å²) in [5, 5.41) is 2.64. The van der Waals surface area contributed by atoms with Crippen LogP contribution in [0.25, 0.3) is 11.3 Å². The lowest BCUT2D eigenvalue weighted by Gasteiger charge is -2.27. The van der Waals surface area contributed by atoms with Crippen LogP contribution in [0.2, 0.25) is 0 Å². The number of nitrogens with one attached hydrogen (secondary N) is 1. The van der Waals surface area contributed by atoms with Crippen LogP contribution in [0.15, 0.2) is 36.7 Å². The Morgan fingerprint density at radius 2 is 1.94 bits per heavy atom. The minimum atomic E-state index is -2.94. The Kier molecular flexibility index (Phi) is 5.77. The second-order valence-corrected chi connectivity index (χ2v) is 9.80. The van der Waals surface area contributed by atoms with E-state index in [2.05, 4.69) is 15.3 Å². The molecular weight excluding hydrogens is 422 g/mol. The van der Waals surface area contributed by atoms with Gasteiger partial charge in [0.05, 0.1) is 42.2 Å². The fourth-order valence-electron chi connectivity index (χ4n) is 3.48. The highest BCUT2D eigenvalue weighted by atomic mass is 32.2. The van der Waals surface area contributed by atoms with Crippen molar-refractivity contribution in [2.45, 2.75) is 13.0 Å². The molecule has 4 rings (SSSR count). The number of sulfone groups is 1. The van der Waals surface area contributed by atoms with Gasteiger partial charge in [-0.15, -0.1) is 0 Å². The fourth-order valence-corrected chi connectivity index (χ4v) is 4.68. The summed E-state index contributed by atoms with van der Waals surface area (Å²) >= 11 is 0. The van der Waals surface area contributed by atoms with Gasteiger partial charge in [-0.05, 0) is 24.3 Å². The van der Waals surface area contributed by atoms with E-state index in [0.29, 0.717) is 31.0 Å². The zero-order valence-corrected chi connectivity index (χ0v) is 17.8. The number of hydrogen-bond acceptors (Lipinski definition) is 8. The summed E-state index contributed by atoms with van der Waals surface area (Å²) in [5.41, 5.74) is 2.12. The lowest BCUT2D eigenvalue weighted by Crippen LogP contribution is -2.40. The first kappa shape index (κ1) is 21.0. The van der Waals surface area contributed by atoms with Crippen LogP contribution < -0.4 is 15.1 Å². The quantitative estimate of drug-likeness (QED) is 0.719. The molecule has 31 heavy (non-hydrogen) atoms. The standard InChI is InChI=1S/C20H23N5O5S/c1-14(26)21-12-17-13-25(20(27)30-17)16-3-4-18(22-11-16)15-2-5-19(23-10-15)24-6-8-31(28,29)9-7-24/h2-5,10-11,17H,6-9,12-13H2,1H3,(H,21,26)/t17-/m0/s1. The molecule has 0 spiro atoms. The molecule has 2 aliphatic rings. The predicted octanol–water partition coefficient (Wildman–Crippen LogP) is 0.840. The Bertz CT molecular complexity index is 1060. The van der Waals surface area contributed by atoms with E-state index in [-0.39, 0.29) is 24.0 Å². The monoisotopic (exact) mass is 445 g/mol. The summed E-state index contributed by atoms with van der Waals surface area (Å²) in [6.07, 6.45) is 2.42. The molecule has 0 radical (unpaired) electrons. The summed E-state index contributed by atoms with van der Waals surface area (Å²) < 4.78 is 28.4. The van der Waals surface area contributed by atoms with Crippen molar-refractivity contribution >= 4 is 33.3 Å². The number of carbonyl (C=O) groups is 2. The van der Waals surface area contributed by atoms with Gasteiger partial charge in [-0.25, -0.2) is 18.2 Å². The van der Waals surface area contributed by atoms with Crippen molar-refractivity contribution in [2.75, 3.05) is 47.5 Å². The fraction of sp³-hybridized carbons (Fsp3) is 0.400. The summed E-state index contributed by atoms with van der Waals surface area (Å²) in [6.45, 7) is 2.90. The highest BCUT2D eigenvalue weighted by molar-refractivity contribution is 7.91. The molecule has 2 aromatic heterocycles. The molecule has 2 aliphatic heterocycles. The first-order valence-corrected chi connectivity index (χ1v) is 11.7. The number of aromatic nitrogens is 2. The molecule has 0 saturated carbocycles. The van der Waals surface area contributed by atoms with Gasteiger partial charge in [0.15, 0.2) is 9.84 Å². The average Bonchev–Trinajstić information content (AvgIpc) is 3.13. The highest BCUT2D eigenvalue weighted by Crippen LogP contribution is 2.25. The average molecular weight is 446 g/mol. The molecule has 2 aromatic rings. The van der Waals surface area contributed by atoms with Crippen LogP contribution in [0.4, 0.5) is 16.3 Å². The van der Waals surface area contributed by atoms with Crippen molar-refractivity contribution < 1.29 is 22.7 Å². The first-order chi connectivity index (χ1) is 14.8. The molecule has 0 unspecified atom stereocenters. The normalized spacial score (nSPS) is 20.4. The van der Waals surface area contributed by atoms with Crippen molar-refractivity contribution in [3.63, 3.8) is 0 Å². The van der Waals surface area contributed by atoms with Crippen LogP contribution in [0, 0.1) is 0 Å². The van der Waals surface area contributed by atoms with Gasteiger partial charge >= 0.3 is 6.09 Å². The van der Waals surface area contributed by atoms with Crippen molar-refractivity contribution in [3.05, 3.63) is 36.7 Å². The number of cyclic esters (lactones) is 1. The van der Waals surface area contributed by atoms with Crippen LogP contribution >= 0.6 is 0 Å². The molecule has 1 atom stereocenters. The second kappa shape index (κ2) is 8.50. The van der Waals surface area contributed by atoms with E-state index in [4.69, 9.17) is 4.74 Å². The molecule has 164 valence electrons. The molecule has 1 N–H and O–H groups in total. The number of rotatable bonds is 5. The molecule has 10 nitrogen and oxygen atoms in total. The number of hydrogen-bond donors (Lipinski definition) is 1. The van der Waals surface area contributed by atoms with Gasteiger partial charge in [0, 0.05) is 31.8 Å². The number of nitrogens with zero attached hydrogens (tertiary/aromatic N) is 4. The largest absolute Gasteiger partial charge is 0.442 e. The molecule has 4 heterocycles. The van der Waals surface area contributed by atoms with E-state index in [1.54, 1.807) is 24.5 Å². The third-order valence-electron chi connectivity index (χ3n) is 5.22. The lowest BCUT2D eigenvalue weighted by molar-refractivity contribution is -0.119. The van der Waals surface area contributed by atoms with Crippen LogP contribution in [-0.2, 0) is 19.4 Å². The maximum atomic E-state index is 12.1. The van der Waals surface area contributed by atoms with E-state index >= 15 is 0 Å². The van der Waals surface area contributed by atoms with Crippen LogP contribution in [0.5, 0.6) is 0 Å². The number of amides is 2. The Labute approximate surface area is 180 Å². The maximum Gasteiger partial charge on any atom is 0.414 e. The Morgan fingerprint density at radius 3 is 2.55 bits per heavy atom. The SMILES string of the molecule is CC(=O)NC[C@H]1CN(c2ccc(-c3ccc(N4CCS(=O)(=O)CC4)nc3)nc2)C(=O)O1. The molecule has 0 bridgehead atoms. The van der Waals surface area contributed by atoms with E-state index in [1.165, 1.54) is 11.8 Å². The molecule has 0 aromatic carbocycles. The van der Waals surface area contributed by atoms with Crippen molar-refractivity contribution in [1.82, 2.24) is 15.3 Å². The molecule has 2 saturated heterocycles. The van der Waals surface area contributed by atoms with Gasteiger partial charge in [-0.3, -0.25) is 14.7 Å². The van der Waals surface area contributed by atoms with Crippen molar-refractivity contribution in [1.29, 1.82) is 0 Å². The number of anilines is 2.